The Labute approximate surface area is 137 Å². The summed E-state index contributed by atoms with van der Waals surface area (Å²) in [7, 11) is 0. The van der Waals surface area contributed by atoms with E-state index in [1.54, 1.807) is 13.0 Å². The van der Waals surface area contributed by atoms with E-state index in [0.29, 0.717) is 24.4 Å². The second kappa shape index (κ2) is 6.64. The molecule has 1 aliphatic heterocycles. The van der Waals surface area contributed by atoms with Gasteiger partial charge in [-0.05, 0) is 53.5 Å². The molecule has 1 aromatic rings. The lowest BCUT2D eigenvalue weighted by atomic mass is 10.2. The van der Waals surface area contributed by atoms with Gasteiger partial charge in [0.2, 0.25) is 0 Å². The van der Waals surface area contributed by atoms with E-state index in [2.05, 4.69) is 5.32 Å². The van der Waals surface area contributed by atoms with E-state index in [-0.39, 0.29) is 11.9 Å². The van der Waals surface area contributed by atoms with Crippen LogP contribution in [0.25, 0.3) is 0 Å². The average molecular weight is 322 g/mol. The van der Waals surface area contributed by atoms with Crippen molar-refractivity contribution in [3.8, 4) is 0 Å². The molecule has 0 aliphatic carbocycles. The van der Waals surface area contributed by atoms with Crippen LogP contribution >= 0.6 is 0 Å². The molecule has 23 heavy (non-hydrogen) atoms. The molecule has 128 valence electrons. The van der Waals surface area contributed by atoms with Crippen LogP contribution in [0.4, 0.5) is 4.79 Å². The quantitative estimate of drug-likeness (QED) is 0.928. The predicted molar refractivity (Wildman–Crippen MR) is 86.5 cm³/mol. The number of amides is 2. The van der Waals surface area contributed by atoms with Gasteiger partial charge in [-0.15, -0.1) is 0 Å². The number of nitrogens with one attached hydrogen (secondary N) is 1. The van der Waals surface area contributed by atoms with Crippen molar-refractivity contribution < 1.29 is 18.7 Å². The molecule has 0 saturated carbocycles. The van der Waals surface area contributed by atoms with Gasteiger partial charge < -0.3 is 19.4 Å². The monoisotopic (exact) mass is 322 g/mol. The average Bonchev–Trinajstić information content (AvgIpc) is 3.00. The van der Waals surface area contributed by atoms with E-state index in [1.165, 1.54) is 0 Å². The lowest BCUT2D eigenvalue weighted by Gasteiger charge is -2.26. The van der Waals surface area contributed by atoms with Crippen molar-refractivity contribution in [3.05, 3.63) is 23.2 Å². The van der Waals surface area contributed by atoms with E-state index in [9.17, 15) is 9.59 Å². The number of hydrogen-bond donors (Lipinski definition) is 1. The maximum absolute atomic E-state index is 12.7. The SMILES string of the molecule is Cc1cc(C(=O)N2CCCC2CNC(=O)OC(C)(C)C)c(C)o1. The zero-order valence-electron chi connectivity index (χ0n) is 14.6. The van der Waals surface area contributed by atoms with Gasteiger partial charge in [0.15, 0.2) is 0 Å². The van der Waals surface area contributed by atoms with Crippen LogP contribution in [0.15, 0.2) is 10.5 Å². The minimum atomic E-state index is -0.527. The first-order chi connectivity index (χ1) is 10.7. The normalized spacial score (nSPS) is 18.1. The molecule has 2 rings (SSSR count). The number of likely N-dealkylation sites (tertiary alicyclic amines) is 1. The van der Waals surface area contributed by atoms with E-state index < -0.39 is 11.7 Å². The van der Waals surface area contributed by atoms with Crippen molar-refractivity contribution in [2.75, 3.05) is 13.1 Å². The highest BCUT2D eigenvalue weighted by Gasteiger charge is 2.31. The highest BCUT2D eigenvalue weighted by atomic mass is 16.6. The number of nitrogens with zero attached hydrogens (tertiary/aromatic N) is 1. The van der Waals surface area contributed by atoms with Gasteiger partial charge in [0.05, 0.1) is 5.56 Å². The number of rotatable bonds is 3. The Kier molecular flexibility index (Phi) is 5.02. The van der Waals surface area contributed by atoms with E-state index in [4.69, 9.17) is 9.15 Å². The van der Waals surface area contributed by atoms with Crippen LogP contribution in [-0.2, 0) is 4.74 Å². The Hall–Kier alpha value is -1.98. The summed E-state index contributed by atoms with van der Waals surface area (Å²) in [5, 5.41) is 2.76. The molecule has 1 aromatic heterocycles. The molecule has 1 saturated heterocycles. The Bertz CT molecular complexity index is 586. The molecular weight excluding hydrogens is 296 g/mol. The van der Waals surface area contributed by atoms with Crippen molar-refractivity contribution in [1.29, 1.82) is 0 Å². The maximum Gasteiger partial charge on any atom is 0.407 e. The number of hydrogen-bond acceptors (Lipinski definition) is 4. The third-order valence-corrected chi connectivity index (χ3v) is 3.79. The summed E-state index contributed by atoms with van der Waals surface area (Å²) in [6.45, 7) is 10.2. The summed E-state index contributed by atoms with van der Waals surface area (Å²) in [5.41, 5.74) is 0.0763. The third kappa shape index (κ3) is 4.50. The standard InChI is InChI=1S/C17H26N2O4/c1-11-9-14(12(2)22-11)15(20)19-8-6-7-13(19)10-18-16(21)23-17(3,4)5/h9,13H,6-8,10H2,1-5H3,(H,18,21). The molecule has 1 unspecified atom stereocenters. The van der Waals surface area contributed by atoms with Crippen LogP contribution in [0.3, 0.4) is 0 Å². The van der Waals surface area contributed by atoms with E-state index in [1.807, 2.05) is 32.6 Å². The highest BCUT2D eigenvalue weighted by Crippen LogP contribution is 2.23. The Morgan fingerprint density at radius 2 is 2.09 bits per heavy atom. The second-order valence-corrected chi connectivity index (χ2v) is 7.00. The third-order valence-electron chi connectivity index (χ3n) is 3.79. The fourth-order valence-corrected chi connectivity index (χ4v) is 2.83. The summed E-state index contributed by atoms with van der Waals surface area (Å²) in [6, 6.07) is 1.76. The van der Waals surface area contributed by atoms with Gasteiger partial charge in [0.1, 0.15) is 17.1 Å². The van der Waals surface area contributed by atoms with Crippen LogP contribution in [0, 0.1) is 13.8 Å². The summed E-state index contributed by atoms with van der Waals surface area (Å²) >= 11 is 0. The van der Waals surface area contributed by atoms with Crippen molar-refractivity contribution >= 4 is 12.0 Å². The molecule has 1 fully saturated rings. The highest BCUT2D eigenvalue weighted by molar-refractivity contribution is 5.95. The van der Waals surface area contributed by atoms with E-state index >= 15 is 0 Å². The second-order valence-electron chi connectivity index (χ2n) is 7.00. The topological polar surface area (TPSA) is 71.8 Å². The van der Waals surface area contributed by atoms with Gasteiger partial charge in [-0.1, -0.05) is 0 Å². The number of furan rings is 1. The summed E-state index contributed by atoms with van der Waals surface area (Å²) in [5.74, 6) is 1.33. The van der Waals surface area contributed by atoms with Gasteiger partial charge in [-0.3, -0.25) is 4.79 Å². The van der Waals surface area contributed by atoms with Gasteiger partial charge in [-0.25, -0.2) is 4.79 Å². The number of carbonyl (C=O) groups is 2. The van der Waals surface area contributed by atoms with Crippen molar-refractivity contribution in [3.63, 3.8) is 0 Å². The summed E-state index contributed by atoms with van der Waals surface area (Å²) < 4.78 is 10.7. The summed E-state index contributed by atoms with van der Waals surface area (Å²) in [4.78, 5) is 26.3. The first-order valence-corrected chi connectivity index (χ1v) is 8.02. The molecule has 0 radical (unpaired) electrons. The van der Waals surface area contributed by atoms with Crippen LogP contribution in [0.1, 0.15) is 55.5 Å². The van der Waals surface area contributed by atoms with Crippen LogP contribution in [-0.4, -0.2) is 41.6 Å². The van der Waals surface area contributed by atoms with Crippen molar-refractivity contribution in [2.45, 2.75) is 59.1 Å². The molecule has 1 N–H and O–H groups in total. The van der Waals surface area contributed by atoms with Crippen LogP contribution in [0.2, 0.25) is 0 Å². The van der Waals surface area contributed by atoms with Gasteiger partial charge in [0, 0.05) is 19.1 Å². The number of aryl methyl sites for hydroxylation is 2. The number of ether oxygens (including phenoxy) is 1. The molecular formula is C17H26N2O4. The molecule has 1 atom stereocenters. The molecule has 0 spiro atoms. The Morgan fingerprint density at radius 3 is 2.65 bits per heavy atom. The van der Waals surface area contributed by atoms with Crippen molar-refractivity contribution in [1.82, 2.24) is 10.2 Å². The van der Waals surface area contributed by atoms with Crippen LogP contribution < -0.4 is 5.32 Å². The smallest absolute Gasteiger partial charge is 0.407 e. The van der Waals surface area contributed by atoms with Gasteiger partial charge >= 0.3 is 6.09 Å². The predicted octanol–water partition coefficient (Wildman–Crippen LogP) is 3.03. The number of carbonyl (C=O) groups excluding carboxylic acids is 2. The molecule has 6 heteroatoms. The molecule has 0 aromatic carbocycles. The Morgan fingerprint density at radius 1 is 1.39 bits per heavy atom. The summed E-state index contributed by atoms with van der Waals surface area (Å²) in [6.07, 6.45) is 1.35. The molecule has 2 heterocycles. The van der Waals surface area contributed by atoms with E-state index in [0.717, 1.165) is 18.6 Å². The molecule has 0 bridgehead atoms. The first-order valence-electron chi connectivity index (χ1n) is 8.02. The molecule has 6 nitrogen and oxygen atoms in total. The lowest BCUT2D eigenvalue weighted by molar-refractivity contribution is 0.0501. The maximum atomic E-state index is 12.7. The van der Waals surface area contributed by atoms with Crippen LogP contribution in [0.5, 0.6) is 0 Å². The molecule has 2 amide bonds. The zero-order valence-corrected chi connectivity index (χ0v) is 14.6. The Balaban J connectivity index is 1.96. The van der Waals surface area contributed by atoms with Gasteiger partial charge in [-0.2, -0.15) is 0 Å². The fourth-order valence-electron chi connectivity index (χ4n) is 2.83. The largest absolute Gasteiger partial charge is 0.466 e. The minimum absolute atomic E-state index is 0.00961. The van der Waals surface area contributed by atoms with Crippen molar-refractivity contribution in [2.24, 2.45) is 0 Å². The number of alkyl carbamates (subject to hydrolysis) is 1. The lowest BCUT2D eigenvalue weighted by Crippen LogP contribution is -2.44. The van der Waals surface area contributed by atoms with Gasteiger partial charge in [0.25, 0.3) is 5.91 Å². The fraction of sp³-hybridized carbons (Fsp3) is 0.647. The zero-order chi connectivity index (χ0) is 17.2. The first kappa shape index (κ1) is 17.4. The molecule has 1 aliphatic rings. The minimum Gasteiger partial charge on any atom is -0.466 e.